The summed E-state index contributed by atoms with van der Waals surface area (Å²) in [6, 6.07) is 0. The number of hydrogen-bond donors (Lipinski definition) is 0. The van der Waals surface area contributed by atoms with E-state index in [2.05, 4.69) is 18.5 Å². The van der Waals surface area contributed by atoms with E-state index in [-0.39, 0.29) is 0 Å². The Morgan fingerprint density at radius 1 is 1.60 bits per heavy atom. The predicted octanol–water partition coefficient (Wildman–Crippen LogP) is 3.26. The molecule has 82 valence electrons. The van der Waals surface area contributed by atoms with Gasteiger partial charge in [0.1, 0.15) is 12.0 Å². The molecule has 4 heteroatoms. The van der Waals surface area contributed by atoms with E-state index in [1.807, 2.05) is 18.4 Å². The Bertz CT molecular complexity index is 282. The van der Waals surface area contributed by atoms with Crippen LogP contribution in [0.15, 0.2) is 40.0 Å². The van der Waals surface area contributed by atoms with Crippen LogP contribution < -0.4 is 0 Å². The first kappa shape index (κ1) is 13.7. The molecule has 0 atom stereocenters. The topological polar surface area (TPSA) is 38.7 Å². The summed E-state index contributed by atoms with van der Waals surface area (Å²) in [7, 11) is 0. The Morgan fingerprint density at radius 2 is 2.33 bits per heavy atom. The van der Waals surface area contributed by atoms with Gasteiger partial charge in [0, 0.05) is 19.6 Å². The van der Waals surface area contributed by atoms with Crippen molar-refractivity contribution in [1.29, 1.82) is 0 Å². The number of carbonyl (C=O) groups is 1. The fourth-order valence-electron chi connectivity index (χ4n) is 0.804. The van der Waals surface area contributed by atoms with E-state index < -0.39 is 0 Å². The van der Waals surface area contributed by atoms with Gasteiger partial charge in [0.05, 0.1) is 0 Å². The molecule has 0 fully saturated rings. The SMILES string of the molecule is C=NO/C(=C\CC=O)CC(=C)S/C=C\C. The maximum absolute atomic E-state index is 10.2. The average Bonchev–Trinajstić information content (AvgIpc) is 2.23. The number of nitrogens with zero attached hydrogens (tertiary/aromatic N) is 1. The lowest BCUT2D eigenvalue weighted by atomic mass is 10.3. The summed E-state index contributed by atoms with van der Waals surface area (Å²) >= 11 is 1.52. The van der Waals surface area contributed by atoms with E-state index in [1.165, 1.54) is 11.8 Å². The Balaban J connectivity index is 4.20. The maximum Gasteiger partial charge on any atom is 0.136 e. The van der Waals surface area contributed by atoms with Crippen molar-refractivity contribution in [2.75, 3.05) is 0 Å². The minimum atomic E-state index is 0.312. The number of hydrogen-bond acceptors (Lipinski definition) is 4. The first-order valence-corrected chi connectivity index (χ1v) is 5.33. The standard InChI is InChI=1S/C11H15NO2S/c1-4-8-15-10(2)9-11(14-12-3)6-5-7-13/h4,6-8H,2-3,5,9H2,1H3/b8-4-,11-6-. The Kier molecular flexibility index (Phi) is 8.47. The first-order chi connectivity index (χ1) is 7.24. The molecule has 0 heterocycles. The van der Waals surface area contributed by atoms with E-state index in [0.717, 1.165) is 11.2 Å². The van der Waals surface area contributed by atoms with Crippen LogP contribution in [0.25, 0.3) is 0 Å². The van der Waals surface area contributed by atoms with Crippen molar-refractivity contribution in [2.24, 2.45) is 5.16 Å². The van der Waals surface area contributed by atoms with E-state index in [4.69, 9.17) is 4.84 Å². The van der Waals surface area contributed by atoms with E-state index in [9.17, 15) is 4.79 Å². The van der Waals surface area contributed by atoms with E-state index in [1.54, 1.807) is 6.08 Å². The molecule has 0 aliphatic carbocycles. The van der Waals surface area contributed by atoms with E-state index >= 15 is 0 Å². The molecule has 0 aromatic rings. The summed E-state index contributed by atoms with van der Waals surface area (Å²) < 4.78 is 0. The van der Waals surface area contributed by atoms with Gasteiger partial charge in [0.25, 0.3) is 0 Å². The van der Waals surface area contributed by atoms with Crippen molar-refractivity contribution in [3.05, 3.63) is 34.8 Å². The summed E-state index contributed by atoms with van der Waals surface area (Å²) in [4.78, 5) is 16.0. The van der Waals surface area contributed by atoms with Gasteiger partial charge in [-0.3, -0.25) is 0 Å². The van der Waals surface area contributed by atoms with Gasteiger partial charge in [-0.25, -0.2) is 0 Å². The summed E-state index contributed by atoms with van der Waals surface area (Å²) in [5.41, 5.74) is 0. The molecular weight excluding hydrogens is 210 g/mol. The molecular formula is C11H15NO2S. The van der Waals surface area contributed by atoms with Crippen LogP contribution in [-0.2, 0) is 9.63 Å². The zero-order chi connectivity index (χ0) is 11.5. The van der Waals surface area contributed by atoms with Gasteiger partial charge >= 0.3 is 0 Å². The summed E-state index contributed by atoms with van der Waals surface area (Å²) in [5.74, 6) is 0.596. The third-order valence-electron chi connectivity index (χ3n) is 1.37. The fraction of sp³-hybridized carbons (Fsp3) is 0.273. The highest BCUT2D eigenvalue weighted by Crippen LogP contribution is 2.23. The Labute approximate surface area is 94.6 Å². The largest absolute Gasteiger partial charge is 0.362 e. The van der Waals surface area contributed by atoms with Crippen LogP contribution in [-0.4, -0.2) is 13.0 Å². The maximum atomic E-state index is 10.2. The molecule has 0 amide bonds. The quantitative estimate of drug-likeness (QED) is 0.275. The lowest BCUT2D eigenvalue weighted by molar-refractivity contribution is -0.107. The summed E-state index contributed by atoms with van der Waals surface area (Å²) in [5, 5.41) is 5.25. The number of allylic oxidation sites excluding steroid dienone is 3. The number of aldehydes is 1. The van der Waals surface area contributed by atoms with Crippen molar-refractivity contribution in [1.82, 2.24) is 0 Å². The van der Waals surface area contributed by atoms with Crippen LogP contribution in [0.2, 0.25) is 0 Å². The molecule has 0 aromatic heterocycles. The molecule has 0 saturated heterocycles. The van der Waals surface area contributed by atoms with Gasteiger partial charge in [0.2, 0.25) is 0 Å². The zero-order valence-electron chi connectivity index (χ0n) is 8.81. The number of carbonyl (C=O) groups excluding carboxylic acids is 1. The second-order valence-corrected chi connectivity index (χ2v) is 3.68. The third-order valence-corrected chi connectivity index (χ3v) is 2.25. The van der Waals surface area contributed by atoms with Gasteiger partial charge in [-0.2, -0.15) is 0 Å². The van der Waals surface area contributed by atoms with Crippen LogP contribution in [0.4, 0.5) is 0 Å². The molecule has 0 bridgehead atoms. The molecule has 0 unspecified atom stereocenters. The van der Waals surface area contributed by atoms with Gasteiger partial charge in [-0.1, -0.05) is 17.8 Å². The smallest absolute Gasteiger partial charge is 0.136 e. The molecule has 15 heavy (non-hydrogen) atoms. The first-order valence-electron chi connectivity index (χ1n) is 4.45. The molecule has 0 rings (SSSR count). The highest BCUT2D eigenvalue weighted by atomic mass is 32.2. The van der Waals surface area contributed by atoms with Crippen molar-refractivity contribution in [2.45, 2.75) is 19.8 Å². The average molecular weight is 225 g/mol. The van der Waals surface area contributed by atoms with Crippen molar-refractivity contribution < 1.29 is 9.63 Å². The molecule has 3 nitrogen and oxygen atoms in total. The molecule has 0 aliphatic rings. The van der Waals surface area contributed by atoms with Gasteiger partial charge in [-0.15, -0.1) is 11.8 Å². The van der Waals surface area contributed by atoms with Crippen LogP contribution in [0.5, 0.6) is 0 Å². The van der Waals surface area contributed by atoms with Crippen LogP contribution in [0, 0.1) is 0 Å². The normalized spacial score (nSPS) is 11.4. The highest BCUT2D eigenvalue weighted by Gasteiger charge is 2.01. The van der Waals surface area contributed by atoms with Crippen LogP contribution >= 0.6 is 11.8 Å². The van der Waals surface area contributed by atoms with Gasteiger partial charge in [0.15, 0.2) is 0 Å². The second-order valence-electron chi connectivity index (χ2n) is 2.60. The molecule has 0 aliphatic heterocycles. The van der Waals surface area contributed by atoms with E-state index in [0.29, 0.717) is 18.6 Å². The van der Waals surface area contributed by atoms with Crippen LogP contribution in [0.3, 0.4) is 0 Å². The second kappa shape index (κ2) is 9.27. The van der Waals surface area contributed by atoms with Crippen molar-refractivity contribution >= 4 is 24.8 Å². The number of rotatable bonds is 8. The van der Waals surface area contributed by atoms with Crippen molar-refractivity contribution in [3.63, 3.8) is 0 Å². The minimum absolute atomic E-state index is 0.312. The Hall–Kier alpha value is -1.29. The van der Waals surface area contributed by atoms with Gasteiger partial charge in [-0.05, 0) is 23.3 Å². The molecule has 0 radical (unpaired) electrons. The van der Waals surface area contributed by atoms with Crippen molar-refractivity contribution in [3.8, 4) is 0 Å². The lowest BCUT2D eigenvalue weighted by Crippen LogP contribution is -1.87. The molecule has 0 saturated carbocycles. The summed E-state index contributed by atoms with van der Waals surface area (Å²) in [6.45, 7) is 9.02. The number of oxime groups is 1. The minimum Gasteiger partial charge on any atom is -0.362 e. The molecule has 0 spiro atoms. The summed E-state index contributed by atoms with van der Waals surface area (Å²) in [6.07, 6.45) is 5.25. The number of thioether (sulfide) groups is 1. The third kappa shape index (κ3) is 7.76. The molecule has 0 aromatic carbocycles. The Morgan fingerprint density at radius 3 is 2.87 bits per heavy atom. The van der Waals surface area contributed by atoms with Crippen LogP contribution in [0.1, 0.15) is 19.8 Å². The zero-order valence-corrected chi connectivity index (χ0v) is 9.63. The van der Waals surface area contributed by atoms with Gasteiger partial charge < -0.3 is 9.63 Å². The predicted molar refractivity (Wildman–Crippen MR) is 65.6 cm³/mol. The lowest BCUT2D eigenvalue weighted by Gasteiger charge is -2.04. The highest BCUT2D eigenvalue weighted by molar-refractivity contribution is 8.05. The fourth-order valence-corrected chi connectivity index (χ4v) is 1.36. The monoisotopic (exact) mass is 225 g/mol. The molecule has 0 N–H and O–H groups in total.